The summed E-state index contributed by atoms with van der Waals surface area (Å²) in [5, 5.41) is 13.4. The number of non-ortho nitro benzene ring substituents is 1. The van der Waals surface area contributed by atoms with Gasteiger partial charge in [-0.15, -0.1) is 0 Å². The first-order chi connectivity index (χ1) is 11.0. The molecule has 0 spiro atoms. The van der Waals surface area contributed by atoms with Gasteiger partial charge in [-0.1, -0.05) is 17.7 Å². The van der Waals surface area contributed by atoms with Crippen molar-refractivity contribution in [3.63, 3.8) is 0 Å². The summed E-state index contributed by atoms with van der Waals surface area (Å²) in [5.74, 6) is 0.355. The largest absolute Gasteiger partial charge is 0.493 e. The zero-order valence-corrected chi connectivity index (χ0v) is 13.0. The minimum atomic E-state index is -0.471. The zero-order valence-electron chi connectivity index (χ0n) is 13.0. The maximum Gasteiger partial charge on any atom is 0.269 e. The SMILES string of the molecule is Cc1ccc(NC(=O)CCOc2ccc([N+](=O)[O-])cc2)c(C)c1. The molecule has 0 saturated heterocycles. The van der Waals surface area contributed by atoms with Crippen molar-refractivity contribution in [3.8, 4) is 5.75 Å². The summed E-state index contributed by atoms with van der Waals surface area (Å²) < 4.78 is 5.42. The molecule has 120 valence electrons. The Balaban J connectivity index is 1.81. The summed E-state index contributed by atoms with van der Waals surface area (Å²) in [6, 6.07) is 11.6. The number of ether oxygens (including phenoxy) is 1. The number of nitrogens with zero attached hydrogens (tertiary/aromatic N) is 1. The first kappa shape index (κ1) is 16.5. The summed E-state index contributed by atoms with van der Waals surface area (Å²) in [6.07, 6.45) is 0.199. The molecule has 0 unspecified atom stereocenters. The fraction of sp³-hybridized carbons (Fsp3) is 0.235. The second-order valence-corrected chi connectivity index (χ2v) is 5.22. The van der Waals surface area contributed by atoms with Gasteiger partial charge in [0.25, 0.3) is 5.69 Å². The Morgan fingerprint density at radius 3 is 2.48 bits per heavy atom. The van der Waals surface area contributed by atoms with E-state index < -0.39 is 4.92 Å². The first-order valence-corrected chi connectivity index (χ1v) is 7.20. The summed E-state index contributed by atoms with van der Waals surface area (Å²) in [7, 11) is 0. The molecular weight excluding hydrogens is 296 g/mol. The molecule has 1 N–H and O–H groups in total. The third kappa shape index (κ3) is 4.81. The smallest absolute Gasteiger partial charge is 0.269 e. The lowest BCUT2D eigenvalue weighted by Gasteiger charge is -2.10. The van der Waals surface area contributed by atoms with E-state index in [1.165, 1.54) is 24.3 Å². The fourth-order valence-corrected chi connectivity index (χ4v) is 2.09. The molecule has 1 amide bonds. The lowest BCUT2D eigenvalue weighted by molar-refractivity contribution is -0.384. The van der Waals surface area contributed by atoms with Crippen LogP contribution in [-0.2, 0) is 4.79 Å². The number of anilines is 1. The number of hydrogen-bond acceptors (Lipinski definition) is 4. The van der Waals surface area contributed by atoms with E-state index in [1.807, 2.05) is 32.0 Å². The van der Waals surface area contributed by atoms with Gasteiger partial charge in [-0.2, -0.15) is 0 Å². The Kier molecular flexibility index (Phi) is 5.30. The molecule has 0 heterocycles. The highest BCUT2D eigenvalue weighted by atomic mass is 16.6. The molecule has 0 fully saturated rings. The average molecular weight is 314 g/mol. The third-order valence-electron chi connectivity index (χ3n) is 3.30. The lowest BCUT2D eigenvalue weighted by Crippen LogP contribution is -2.15. The van der Waals surface area contributed by atoms with E-state index in [0.29, 0.717) is 5.75 Å². The van der Waals surface area contributed by atoms with Gasteiger partial charge in [-0.25, -0.2) is 0 Å². The summed E-state index contributed by atoms with van der Waals surface area (Å²) in [6.45, 7) is 4.14. The monoisotopic (exact) mass is 314 g/mol. The van der Waals surface area contributed by atoms with Crippen molar-refractivity contribution < 1.29 is 14.5 Å². The standard InChI is InChI=1S/C17H18N2O4/c1-12-3-8-16(13(2)11-12)18-17(20)9-10-23-15-6-4-14(5-7-15)19(21)22/h3-8,11H,9-10H2,1-2H3,(H,18,20). The molecule has 0 atom stereocenters. The zero-order chi connectivity index (χ0) is 16.8. The number of nitro groups is 1. The quantitative estimate of drug-likeness (QED) is 0.652. The molecule has 6 nitrogen and oxygen atoms in total. The third-order valence-corrected chi connectivity index (χ3v) is 3.30. The van der Waals surface area contributed by atoms with Gasteiger partial charge in [0.2, 0.25) is 5.91 Å². The number of rotatable bonds is 6. The second-order valence-electron chi connectivity index (χ2n) is 5.22. The molecule has 0 aromatic heterocycles. The normalized spacial score (nSPS) is 10.2. The molecule has 2 aromatic carbocycles. The van der Waals surface area contributed by atoms with Gasteiger partial charge in [-0.3, -0.25) is 14.9 Å². The number of hydrogen-bond donors (Lipinski definition) is 1. The highest BCUT2D eigenvalue weighted by Gasteiger charge is 2.07. The van der Waals surface area contributed by atoms with Crippen LogP contribution in [0.2, 0.25) is 0 Å². The van der Waals surface area contributed by atoms with Crippen LogP contribution in [0.3, 0.4) is 0 Å². The number of nitrogens with one attached hydrogen (secondary N) is 1. The van der Waals surface area contributed by atoms with Gasteiger partial charge in [0.1, 0.15) is 5.75 Å². The fourth-order valence-electron chi connectivity index (χ4n) is 2.09. The van der Waals surface area contributed by atoms with Crippen molar-refractivity contribution in [2.24, 2.45) is 0 Å². The van der Waals surface area contributed by atoms with Crippen LogP contribution >= 0.6 is 0 Å². The lowest BCUT2D eigenvalue weighted by atomic mass is 10.1. The number of carbonyl (C=O) groups is 1. The molecule has 0 aliphatic rings. The van der Waals surface area contributed by atoms with Crippen LogP contribution in [0.5, 0.6) is 5.75 Å². The molecule has 0 saturated carbocycles. The first-order valence-electron chi connectivity index (χ1n) is 7.20. The highest BCUT2D eigenvalue weighted by Crippen LogP contribution is 2.18. The van der Waals surface area contributed by atoms with Gasteiger partial charge in [0.05, 0.1) is 18.0 Å². The predicted octanol–water partition coefficient (Wildman–Crippen LogP) is 3.62. The number of nitro benzene ring substituents is 1. The molecule has 6 heteroatoms. The Bertz CT molecular complexity index is 711. The van der Waals surface area contributed by atoms with E-state index in [-0.39, 0.29) is 24.6 Å². The maximum atomic E-state index is 11.9. The number of benzene rings is 2. The summed E-state index contributed by atoms with van der Waals surface area (Å²) in [5.41, 5.74) is 2.94. The Labute approximate surface area is 134 Å². The van der Waals surface area contributed by atoms with Crippen molar-refractivity contribution in [1.29, 1.82) is 0 Å². The molecule has 0 aliphatic heterocycles. The van der Waals surface area contributed by atoms with Gasteiger partial charge >= 0.3 is 0 Å². The van der Waals surface area contributed by atoms with E-state index >= 15 is 0 Å². The van der Waals surface area contributed by atoms with E-state index in [4.69, 9.17) is 4.74 Å². The van der Waals surface area contributed by atoms with Crippen LogP contribution in [0.1, 0.15) is 17.5 Å². The maximum absolute atomic E-state index is 11.9. The Morgan fingerprint density at radius 1 is 1.17 bits per heavy atom. The van der Waals surface area contributed by atoms with E-state index in [2.05, 4.69) is 5.32 Å². The van der Waals surface area contributed by atoms with Gasteiger partial charge in [-0.05, 0) is 37.6 Å². The van der Waals surface area contributed by atoms with Gasteiger partial charge < -0.3 is 10.1 Å². The van der Waals surface area contributed by atoms with Crippen LogP contribution < -0.4 is 10.1 Å². The van der Waals surface area contributed by atoms with Crippen molar-refractivity contribution in [3.05, 3.63) is 63.7 Å². The van der Waals surface area contributed by atoms with Gasteiger partial charge in [0.15, 0.2) is 0 Å². The summed E-state index contributed by atoms with van der Waals surface area (Å²) >= 11 is 0. The molecule has 0 bridgehead atoms. The predicted molar refractivity (Wildman–Crippen MR) is 87.8 cm³/mol. The Morgan fingerprint density at radius 2 is 1.87 bits per heavy atom. The van der Waals surface area contributed by atoms with Crippen molar-refractivity contribution in [2.75, 3.05) is 11.9 Å². The van der Waals surface area contributed by atoms with E-state index in [1.54, 1.807) is 0 Å². The van der Waals surface area contributed by atoms with E-state index in [0.717, 1.165) is 16.8 Å². The molecule has 0 aliphatic carbocycles. The molecule has 2 aromatic rings. The minimum absolute atomic E-state index is 0.00457. The van der Waals surface area contributed by atoms with Crippen LogP contribution in [0.15, 0.2) is 42.5 Å². The molecular formula is C17H18N2O4. The van der Waals surface area contributed by atoms with Crippen molar-refractivity contribution in [1.82, 2.24) is 0 Å². The highest BCUT2D eigenvalue weighted by molar-refractivity contribution is 5.91. The minimum Gasteiger partial charge on any atom is -0.493 e. The molecule has 0 radical (unpaired) electrons. The van der Waals surface area contributed by atoms with Gasteiger partial charge in [0, 0.05) is 17.8 Å². The summed E-state index contributed by atoms with van der Waals surface area (Å²) in [4.78, 5) is 22.0. The molecule has 2 rings (SSSR count). The number of amides is 1. The number of carbonyl (C=O) groups excluding carboxylic acids is 1. The molecule has 23 heavy (non-hydrogen) atoms. The van der Waals surface area contributed by atoms with Crippen LogP contribution in [0.25, 0.3) is 0 Å². The average Bonchev–Trinajstić information content (AvgIpc) is 2.50. The van der Waals surface area contributed by atoms with Crippen LogP contribution in [0.4, 0.5) is 11.4 Å². The Hall–Kier alpha value is -2.89. The number of aryl methyl sites for hydroxylation is 2. The van der Waals surface area contributed by atoms with Crippen LogP contribution in [-0.4, -0.2) is 17.4 Å². The second kappa shape index (κ2) is 7.40. The van der Waals surface area contributed by atoms with Crippen molar-refractivity contribution >= 4 is 17.3 Å². The van der Waals surface area contributed by atoms with Crippen LogP contribution in [0, 0.1) is 24.0 Å². The van der Waals surface area contributed by atoms with Crippen molar-refractivity contribution in [2.45, 2.75) is 20.3 Å². The topological polar surface area (TPSA) is 81.5 Å². The van der Waals surface area contributed by atoms with E-state index in [9.17, 15) is 14.9 Å².